The Bertz CT molecular complexity index is 1440. The van der Waals surface area contributed by atoms with Gasteiger partial charge in [-0.15, -0.1) is 0 Å². The molecule has 37 heavy (non-hydrogen) atoms. The normalized spacial score (nSPS) is 14.0. The molecule has 3 aromatic rings. The lowest BCUT2D eigenvalue weighted by atomic mass is 9.83. The summed E-state index contributed by atoms with van der Waals surface area (Å²) >= 11 is 0. The van der Waals surface area contributed by atoms with Crippen molar-refractivity contribution < 1.29 is 33.4 Å². The van der Waals surface area contributed by atoms with Crippen molar-refractivity contribution >= 4 is 11.7 Å². The number of nitro groups is 1. The number of benzene rings is 3. The molecule has 0 amide bonds. The smallest absolute Gasteiger partial charge is 0.349 e. The maximum Gasteiger partial charge on any atom is 0.349 e. The molecule has 0 aromatic heterocycles. The Hall–Kier alpha value is -5.24. The van der Waals surface area contributed by atoms with Gasteiger partial charge in [0.05, 0.1) is 25.1 Å². The van der Waals surface area contributed by atoms with Gasteiger partial charge in [-0.3, -0.25) is 10.1 Å². The number of nitriles is 1. The molecule has 1 unspecified atom stereocenters. The van der Waals surface area contributed by atoms with Gasteiger partial charge in [-0.1, -0.05) is 30.3 Å². The maximum atomic E-state index is 12.4. The van der Waals surface area contributed by atoms with Crippen molar-refractivity contribution in [2.75, 3.05) is 20.8 Å². The van der Waals surface area contributed by atoms with Gasteiger partial charge < -0.3 is 29.4 Å². The Balaban J connectivity index is 1.60. The standard InChI is InChI=1S/C26H21N3O8/c1-33-21-9-5-6-17(25(21)34-2)24-16-11-10-15(12-22(16)37-26(28)18(24)13-27)36-23(30)14-35-20-8-4-3-7-19(20)29(31)32/h3-12,24H,14,28H2,1-2H3. The lowest BCUT2D eigenvalue weighted by Gasteiger charge is -2.28. The van der Waals surface area contributed by atoms with Crippen LogP contribution in [0.15, 0.2) is 72.1 Å². The van der Waals surface area contributed by atoms with Crippen LogP contribution < -0.4 is 29.4 Å². The van der Waals surface area contributed by atoms with E-state index in [0.717, 1.165) is 0 Å². The van der Waals surface area contributed by atoms with Crippen LogP contribution in [0.25, 0.3) is 0 Å². The molecule has 0 fully saturated rings. The monoisotopic (exact) mass is 503 g/mol. The minimum absolute atomic E-state index is 0.0600. The maximum absolute atomic E-state index is 12.4. The summed E-state index contributed by atoms with van der Waals surface area (Å²) in [6.07, 6.45) is 0. The highest BCUT2D eigenvalue weighted by Gasteiger charge is 2.33. The molecule has 188 valence electrons. The van der Waals surface area contributed by atoms with E-state index < -0.39 is 23.4 Å². The summed E-state index contributed by atoms with van der Waals surface area (Å²) in [7, 11) is 3.00. The number of carbonyl (C=O) groups is 1. The molecule has 1 aliphatic rings. The quantitative estimate of drug-likeness (QED) is 0.207. The second-order valence-electron chi connectivity index (χ2n) is 7.69. The number of nitro benzene ring substituents is 1. The zero-order chi connectivity index (χ0) is 26.5. The fourth-order valence-corrected chi connectivity index (χ4v) is 3.99. The van der Waals surface area contributed by atoms with Crippen molar-refractivity contribution in [3.8, 4) is 34.8 Å². The first kappa shape index (κ1) is 24.9. The van der Waals surface area contributed by atoms with Gasteiger partial charge in [-0.2, -0.15) is 5.26 Å². The minimum atomic E-state index is -0.791. The van der Waals surface area contributed by atoms with Crippen LogP contribution in [0, 0.1) is 21.4 Å². The summed E-state index contributed by atoms with van der Waals surface area (Å²) in [6, 6.07) is 17.7. The number of rotatable bonds is 8. The van der Waals surface area contributed by atoms with Crippen LogP contribution in [0.5, 0.6) is 28.7 Å². The molecule has 1 heterocycles. The highest BCUT2D eigenvalue weighted by Crippen LogP contribution is 2.47. The van der Waals surface area contributed by atoms with Crippen molar-refractivity contribution in [2.24, 2.45) is 5.73 Å². The van der Waals surface area contributed by atoms with Gasteiger partial charge in [0.15, 0.2) is 23.9 Å². The third kappa shape index (κ3) is 4.94. The molecular weight excluding hydrogens is 482 g/mol. The molecule has 0 saturated heterocycles. The molecule has 2 N–H and O–H groups in total. The van der Waals surface area contributed by atoms with Gasteiger partial charge in [0.1, 0.15) is 23.1 Å². The first-order valence-corrected chi connectivity index (χ1v) is 10.9. The van der Waals surface area contributed by atoms with Crippen LogP contribution in [-0.2, 0) is 4.79 Å². The van der Waals surface area contributed by atoms with E-state index in [1.54, 1.807) is 30.3 Å². The number of hydrogen-bond acceptors (Lipinski definition) is 10. The SMILES string of the molecule is COc1cccc(C2C(C#N)=C(N)Oc3cc(OC(=O)COc4ccccc4[N+](=O)[O-])ccc32)c1OC. The highest BCUT2D eigenvalue weighted by molar-refractivity contribution is 5.74. The molecule has 3 aromatic carbocycles. The predicted octanol–water partition coefficient (Wildman–Crippen LogP) is 3.81. The second kappa shape index (κ2) is 10.6. The number of nitrogens with zero attached hydrogens (tertiary/aromatic N) is 2. The number of carbonyl (C=O) groups excluding carboxylic acids is 1. The van der Waals surface area contributed by atoms with E-state index >= 15 is 0 Å². The number of fused-ring (bicyclic) bond motifs is 1. The molecule has 0 bridgehead atoms. The van der Waals surface area contributed by atoms with E-state index in [-0.39, 0.29) is 34.4 Å². The fraction of sp³-hybridized carbons (Fsp3) is 0.154. The summed E-state index contributed by atoms with van der Waals surface area (Å²) < 4.78 is 27.2. The Morgan fingerprint density at radius 3 is 2.54 bits per heavy atom. The van der Waals surface area contributed by atoms with Gasteiger partial charge >= 0.3 is 11.7 Å². The molecule has 11 nitrogen and oxygen atoms in total. The topological polar surface area (TPSA) is 156 Å². The highest BCUT2D eigenvalue weighted by atomic mass is 16.6. The average molecular weight is 503 g/mol. The molecule has 4 rings (SSSR count). The van der Waals surface area contributed by atoms with E-state index in [9.17, 15) is 20.2 Å². The lowest BCUT2D eigenvalue weighted by molar-refractivity contribution is -0.385. The van der Waals surface area contributed by atoms with E-state index in [2.05, 4.69) is 6.07 Å². The molecule has 1 atom stereocenters. The molecule has 0 spiro atoms. The Morgan fingerprint density at radius 2 is 1.84 bits per heavy atom. The summed E-state index contributed by atoms with van der Waals surface area (Å²) in [5.41, 5.74) is 7.21. The minimum Gasteiger partial charge on any atom is -0.493 e. The molecule has 0 aliphatic carbocycles. The summed E-state index contributed by atoms with van der Waals surface area (Å²) in [5.74, 6) is -0.273. The average Bonchev–Trinajstić information content (AvgIpc) is 2.90. The van der Waals surface area contributed by atoms with Gasteiger partial charge in [-0.25, -0.2) is 4.79 Å². The number of esters is 1. The van der Waals surface area contributed by atoms with Gasteiger partial charge in [-0.05, 0) is 18.2 Å². The van der Waals surface area contributed by atoms with Gasteiger partial charge in [0, 0.05) is 23.3 Å². The zero-order valence-corrected chi connectivity index (χ0v) is 19.8. The van der Waals surface area contributed by atoms with E-state index in [0.29, 0.717) is 22.6 Å². The molecule has 1 aliphatic heterocycles. The van der Waals surface area contributed by atoms with Crippen molar-refractivity contribution in [2.45, 2.75) is 5.92 Å². The Labute approximate surface area is 211 Å². The predicted molar refractivity (Wildman–Crippen MR) is 130 cm³/mol. The Morgan fingerprint density at radius 1 is 1.08 bits per heavy atom. The third-order valence-electron chi connectivity index (χ3n) is 5.57. The van der Waals surface area contributed by atoms with Crippen LogP contribution in [-0.4, -0.2) is 31.7 Å². The van der Waals surface area contributed by atoms with Crippen molar-refractivity contribution in [1.82, 2.24) is 0 Å². The largest absolute Gasteiger partial charge is 0.493 e. The number of para-hydroxylation sites is 3. The van der Waals surface area contributed by atoms with Crippen LogP contribution in [0.4, 0.5) is 5.69 Å². The number of methoxy groups -OCH3 is 2. The molecule has 0 radical (unpaired) electrons. The molecule has 0 saturated carbocycles. The third-order valence-corrected chi connectivity index (χ3v) is 5.57. The summed E-state index contributed by atoms with van der Waals surface area (Å²) in [6.45, 7) is -0.562. The first-order chi connectivity index (χ1) is 17.9. The van der Waals surface area contributed by atoms with Crippen LogP contribution in [0.2, 0.25) is 0 Å². The first-order valence-electron chi connectivity index (χ1n) is 10.9. The van der Waals surface area contributed by atoms with Crippen LogP contribution in [0.1, 0.15) is 17.0 Å². The Kier molecular flexibility index (Phi) is 7.11. The van der Waals surface area contributed by atoms with Crippen molar-refractivity contribution in [1.29, 1.82) is 5.26 Å². The van der Waals surface area contributed by atoms with E-state index in [4.69, 9.17) is 29.4 Å². The number of hydrogen-bond donors (Lipinski definition) is 1. The van der Waals surface area contributed by atoms with E-state index in [1.165, 1.54) is 44.6 Å². The zero-order valence-electron chi connectivity index (χ0n) is 19.8. The summed E-state index contributed by atoms with van der Waals surface area (Å²) in [5, 5.41) is 20.9. The molecule has 11 heteroatoms. The summed E-state index contributed by atoms with van der Waals surface area (Å²) in [4.78, 5) is 22.9. The lowest BCUT2D eigenvalue weighted by Crippen LogP contribution is -2.22. The number of allylic oxidation sites excluding steroid dienone is 1. The molecular formula is C26H21N3O8. The number of nitrogens with two attached hydrogens (primary N) is 1. The van der Waals surface area contributed by atoms with Crippen LogP contribution in [0.3, 0.4) is 0 Å². The van der Waals surface area contributed by atoms with E-state index in [1.807, 2.05) is 0 Å². The van der Waals surface area contributed by atoms with Crippen molar-refractivity contribution in [3.05, 3.63) is 93.4 Å². The number of ether oxygens (including phenoxy) is 5. The van der Waals surface area contributed by atoms with Gasteiger partial charge in [0.2, 0.25) is 5.88 Å². The van der Waals surface area contributed by atoms with Crippen molar-refractivity contribution in [3.63, 3.8) is 0 Å². The van der Waals surface area contributed by atoms with Gasteiger partial charge in [0.25, 0.3) is 0 Å². The van der Waals surface area contributed by atoms with Crippen LogP contribution >= 0.6 is 0 Å². The fourth-order valence-electron chi connectivity index (χ4n) is 3.99. The second-order valence-corrected chi connectivity index (χ2v) is 7.69.